The van der Waals surface area contributed by atoms with Gasteiger partial charge in [-0.1, -0.05) is 12.1 Å². The van der Waals surface area contributed by atoms with Crippen LogP contribution >= 0.6 is 0 Å². The van der Waals surface area contributed by atoms with Crippen molar-refractivity contribution >= 4 is 5.69 Å². The molecule has 0 bridgehead atoms. The highest BCUT2D eigenvalue weighted by atomic mass is 19.1. The van der Waals surface area contributed by atoms with E-state index in [-0.39, 0.29) is 11.6 Å². The molecule has 0 aliphatic rings. The summed E-state index contributed by atoms with van der Waals surface area (Å²) in [6.45, 7) is 0.451. The van der Waals surface area contributed by atoms with E-state index in [9.17, 15) is 4.39 Å². The average Bonchev–Trinajstić information content (AvgIpc) is 2.45. The minimum Gasteiger partial charge on any atom is -0.493 e. The van der Waals surface area contributed by atoms with Crippen molar-refractivity contribution in [2.75, 3.05) is 12.4 Å². The van der Waals surface area contributed by atoms with E-state index in [2.05, 4.69) is 11.4 Å². The van der Waals surface area contributed by atoms with Crippen molar-refractivity contribution in [3.8, 4) is 11.8 Å². The molecule has 0 radical (unpaired) electrons. The van der Waals surface area contributed by atoms with Crippen LogP contribution in [0, 0.1) is 17.1 Å². The third kappa shape index (κ3) is 3.02. The molecule has 0 unspecified atom stereocenters. The zero-order valence-electron chi connectivity index (χ0n) is 10.5. The van der Waals surface area contributed by atoms with Crippen LogP contribution in [-0.2, 0) is 6.54 Å². The minimum absolute atomic E-state index is 0.253. The zero-order chi connectivity index (χ0) is 13.7. The number of hydrogen-bond donors (Lipinski definition) is 1. The number of hydrogen-bond acceptors (Lipinski definition) is 3. The third-order valence-corrected chi connectivity index (χ3v) is 2.75. The van der Waals surface area contributed by atoms with Crippen LogP contribution in [0.25, 0.3) is 0 Å². The maximum Gasteiger partial charge on any atom is 0.165 e. The van der Waals surface area contributed by atoms with Crippen LogP contribution in [0.15, 0.2) is 42.5 Å². The molecule has 3 nitrogen and oxygen atoms in total. The molecule has 4 heteroatoms. The van der Waals surface area contributed by atoms with Crippen LogP contribution in [0.5, 0.6) is 5.75 Å². The molecule has 0 saturated carbocycles. The number of nitriles is 1. The van der Waals surface area contributed by atoms with Gasteiger partial charge in [0.2, 0.25) is 0 Å². The summed E-state index contributed by atoms with van der Waals surface area (Å²) in [5.74, 6) is -0.120. The van der Waals surface area contributed by atoms with Crippen LogP contribution in [-0.4, -0.2) is 7.11 Å². The summed E-state index contributed by atoms with van der Waals surface area (Å²) in [4.78, 5) is 0. The van der Waals surface area contributed by atoms with E-state index in [1.54, 1.807) is 24.3 Å². The first-order valence-electron chi connectivity index (χ1n) is 5.80. The van der Waals surface area contributed by atoms with Gasteiger partial charge >= 0.3 is 0 Å². The molecule has 96 valence electrons. The maximum atomic E-state index is 13.5. The SMILES string of the molecule is COc1c(F)cccc1CNc1ccc(C#N)cc1. The molecule has 1 N–H and O–H groups in total. The summed E-state index contributed by atoms with van der Waals surface area (Å²) >= 11 is 0. The molecule has 0 atom stereocenters. The number of para-hydroxylation sites is 1. The molecule has 0 saturated heterocycles. The molecule has 0 aliphatic heterocycles. The van der Waals surface area contributed by atoms with Crippen molar-refractivity contribution in [3.05, 3.63) is 59.4 Å². The van der Waals surface area contributed by atoms with Crippen LogP contribution in [0.3, 0.4) is 0 Å². The van der Waals surface area contributed by atoms with Crippen molar-refractivity contribution in [2.24, 2.45) is 0 Å². The maximum absolute atomic E-state index is 13.5. The lowest BCUT2D eigenvalue weighted by atomic mass is 10.1. The van der Waals surface area contributed by atoms with Gasteiger partial charge in [-0.25, -0.2) is 4.39 Å². The highest BCUT2D eigenvalue weighted by molar-refractivity contribution is 5.48. The summed E-state index contributed by atoms with van der Waals surface area (Å²) in [6.07, 6.45) is 0. The lowest BCUT2D eigenvalue weighted by molar-refractivity contribution is 0.382. The molecule has 0 aromatic heterocycles. The quantitative estimate of drug-likeness (QED) is 0.912. The molecule has 0 aliphatic carbocycles. The van der Waals surface area contributed by atoms with Gasteiger partial charge in [0.1, 0.15) is 0 Å². The number of benzene rings is 2. The van der Waals surface area contributed by atoms with Crippen LogP contribution in [0.2, 0.25) is 0 Å². The average molecular weight is 256 g/mol. The van der Waals surface area contributed by atoms with Crippen molar-refractivity contribution in [1.82, 2.24) is 0 Å². The van der Waals surface area contributed by atoms with Gasteiger partial charge in [-0.2, -0.15) is 5.26 Å². The molecule has 2 aromatic carbocycles. The molecule has 0 fully saturated rings. The highest BCUT2D eigenvalue weighted by Gasteiger charge is 2.07. The van der Waals surface area contributed by atoms with Crippen molar-refractivity contribution < 1.29 is 9.13 Å². The second-order valence-electron chi connectivity index (χ2n) is 3.97. The van der Waals surface area contributed by atoms with E-state index in [4.69, 9.17) is 10.00 Å². The fraction of sp³-hybridized carbons (Fsp3) is 0.133. The highest BCUT2D eigenvalue weighted by Crippen LogP contribution is 2.23. The fourth-order valence-electron chi connectivity index (χ4n) is 1.78. The second-order valence-corrected chi connectivity index (χ2v) is 3.97. The number of nitrogens with zero attached hydrogens (tertiary/aromatic N) is 1. The molecular weight excluding hydrogens is 243 g/mol. The second kappa shape index (κ2) is 5.87. The van der Waals surface area contributed by atoms with Gasteiger partial charge < -0.3 is 10.1 Å². The summed E-state index contributed by atoms with van der Waals surface area (Å²) < 4.78 is 18.5. The number of ether oxygens (including phenoxy) is 1. The first kappa shape index (κ1) is 12.9. The topological polar surface area (TPSA) is 45.0 Å². The Bertz CT molecular complexity index is 603. The minimum atomic E-state index is -0.373. The lowest BCUT2D eigenvalue weighted by Crippen LogP contribution is -2.03. The molecule has 2 aromatic rings. The predicted molar refractivity (Wildman–Crippen MR) is 71.4 cm³/mol. The largest absolute Gasteiger partial charge is 0.493 e. The number of rotatable bonds is 4. The third-order valence-electron chi connectivity index (χ3n) is 2.75. The van der Waals surface area contributed by atoms with Gasteiger partial charge in [0.15, 0.2) is 11.6 Å². The van der Waals surface area contributed by atoms with Crippen LogP contribution in [0.4, 0.5) is 10.1 Å². The van der Waals surface area contributed by atoms with Gasteiger partial charge in [-0.05, 0) is 30.3 Å². The Balaban J connectivity index is 2.10. The zero-order valence-corrected chi connectivity index (χ0v) is 10.5. The smallest absolute Gasteiger partial charge is 0.165 e. The molecule has 19 heavy (non-hydrogen) atoms. The summed E-state index contributed by atoms with van der Waals surface area (Å²) in [7, 11) is 1.45. The summed E-state index contributed by atoms with van der Waals surface area (Å²) in [6, 6.07) is 13.9. The van der Waals surface area contributed by atoms with Gasteiger partial charge in [-0.15, -0.1) is 0 Å². The Hall–Kier alpha value is -2.54. The van der Waals surface area contributed by atoms with Gasteiger partial charge in [0.05, 0.1) is 18.7 Å². The Morgan fingerprint density at radius 2 is 1.95 bits per heavy atom. The first-order valence-corrected chi connectivity index (χ1v) is 5.80. The van der Waals surface area contributed by atoms with Gasteiger partial charge in [-0.3, -0.25) is 0 Å². The Labute approximate surface area is 111 Å². The van der Waals surface area contributed by atoms with E-state index in [1.807, 2.05) is 12.1 Å². The number of halogens is 1. The number of methoxy groups -OCH3 is 1. The number of anilines is 1. The Kier molecular flexibility index (Phi) is 3.99. The fourth-order valence-corrected chi connectivity index (χ4v) is 1.78. The molecular formula is C15H13FN2O. The van der Waals surface area contributed by atoms with Crippen LogP contribution < -0.4 is 10.1 Å². The molecule has 0 amide bonds. The van der Waals surface area contributed by atoms with E-state index in [1.165, 1.54) is 13.2 Å². The summed E-state index contributed by atoms with van der Waals surface area (Å²) in [5.41, 5.74) is 2.21. The lowest BCUT2D eigenvalue weighted by Gasteiger charge is -2.11. The molecule has 0 spiro atoms. The van der Waals surface area contributed by atoms with E-state index in [0.29, 0.717) is 12.1 Å². The number of nitrogens with one attached hydrogen (secondary N) is 1. The monoisotopic (exact) mass is 256 g/mol. The molecule has 2 rings (SSSR count). The summed E-state index contributed by atoms with van der Waals surface area (Å²) in [5, 5.41) is 11.9. The van der Waals surface area contributed by atoms with E-state index < -0.39 is 0 Å². The van der Waals surface area contributed by atoms with Crippen molar-refractivity contribution in [1.29, 1.82) is 5.26 Å². The van der Waals surface area contributed by atoms with Crippen molar-refractivity contribution in [3.63, 3.8) is 0 Å². The Morgan fingerprint density at radius 1 is 1.21 bits per heavy atom. The molecule has 0 heterocycles. The predicted octanol–water partition coefficient (Wildman–Crippen LogP) is 3.32. The van der Waals surface area contributed by atoms with E-state index in [0.717, 1.165) is 11.3 Å². The van der Waals surface area contributed by atoms with Crippen LogP contribution in [0.1, 0.15) is 11.1 Å². The Morgan fingerprint density at radius 3 is 2.58 bits per heavy atom. The van der Waals surface area contributed by atoms with Gasteiger partial charge in [0.25, 0.3) is 0 Å². The van der Waals surface area contributed by atoms with Gasteiger partial charge in [0, 0.05) is 17.8 Å². The standard InChI is InChI=1S/C15H13FN2O/c1-19-15-12(3-2-4-14(15)16)10-18-13-7-5-11(9-17)6-8-13/h2-8,18H,10H2,1H3. The van der Waals surface area contributed by atoms with E-state index >= 15 is 0 Å². The first-order chi connectivity index (χ1) is 9.24. The normalized spacial score (nSPS) is 9.74. The van der Waals surface area contributed by atoms with Crippen molar-refractivity contribution in [2.45, 2.75) is 6.54 Å².